The van der Waals surface area contributed by atoms with Crippen molar-refractivity contribution in [3.05, 3.63) is 64.9 Å². The molecule has 0 bridgehead atoms. The maximum atomic E-state index is 13.6. The Hall–Kier alpha value is -2.90. The molecule has 1 aliphatic carbocycles. The van der Waals surface area contributed by atoms with Gasteiger partial charge in [-0.1, -0.05) is 23.7 Å². The summed E-state index contributed by atoms with van der Waals surface area (Å²) in [6, 6.07) is 14.5. The van der Waals surface area contributed by atoms with E-state index in [9.17, 15) is 4.39 Å². The molecule has 3 aliphatic rings. The number of hydrogen-bond donors (Lipinski definition) is 1. The van der Waals surface area contributed by atoms with Crippen molar-refractivity contribution in [3.63, 3.8) is 0 Å². The standard InChI is InChI=1S/C25H24ClFN4O2/c26-21-5-4-18(27)10-20(21)22-6-7-24(30-29-22)28-19-8-16-12-31(13-17(16)9-19)11-15-2-1-3-23-25(15)33-14-32-23/h1-7,10,16-17,19H,8-9,11-14H2,(H,28,30)/t16-,17+,19-. The van der Waals surface area contributed by atoms with Crippen LogP contribution >= 0.6 is 11.6 Å². The monoisotopic (exact) mass is 466 g/mol. The molecule has 3 heterocycles. The fourth-order valence-electron chi connectivity index (χ4n) is 5.46. The molecule has 6 nitrogen and oxygen atoms in total. The third-order valence-electron chi connectivity index (χ3n) is 6.92. The van der Waals surface area contributed by atoms with E-state index < -0.39 is 0 Å². The number of nitrogens with one attached hydrogen (secondary N) is 1. The molecule has 0 radical (unpaired) electrons. The summed E-state index contributed by atoms with van der Waals surface area (Å²) in [5.74, 6) is 3.50. The number of anilines is 1. The summed E-state index contributed by atoms with van der Waals surface area (Å²) in [5, 5.41) is 12.6. The van der Waals surface area contributed by atoms with Gasteiger partial charge in [0.2, 0.25) is 6.79 Å². The van der Waals surface area contributed by atoms with Crippen molar-refractivity contribution in [2.45, 2.75) is 25.4 Å². The van der Waals surface area contributed by atoms with Gasteiger partial charge in [-0.2, -0.15) is 0 Å². The number of rotatable bonds is 5. The number of halogens is 2. The quantitative estimate of drug-likeness (QED) is 0.571. The predicted octanol–water partition coefficient (Wildman–Crippen LogP) is 4.99. The minimum absolute atomic E-state index is 0.310. The van der Waals surface area contributed by atoms with Gasteiger partial charge in [0.25, 0.3) is 0 Å². The molecule has 8 heteroatoms. The molecule has 1 aromatic heterocycles. The number of para-hydroxylation sites is 1. The van der Waals surface area contributed by atoms with Crippen molar-refractivity contribution >= 4 is 17.4 Å². The first-order valence-corrected chi connectivity index (χ1v) is 11.7. The third-order valence-corrected chi connectivity index (χ3v) is 7.25. The number of fused-ring (bicyclic) bond motifs is 2. The molecule has 2 fully saturated rings. The minimum atomic E-state index is -0.345. The summed E-state index contributed by atoms with van der Waals surface area (Å²) in [6.45, 7) is 3.39. The Balaban J connectivity index is 1.05. The van der Waals surface area contributed by atoms with Gasteiger partial charge in [0, 0.05) is 36.8 Å². The highest BCUT2D eigenvalue weighted by molar-refractivity contribution is 6.33. The maximum absolute atomic E-state index is 13.6. The van der Waals surface area contributed by atoms with Crippen LogP contribution in [-0.4, -0.2) is 41.0 Å². The molecule has 0 spiro atoms. The zero-order valence-corrected chi connectivity index (χ0v) is 18.8. The fourth-order valence-corrected chi connectivity index (χ4v) is 5.67. The van der Waals surface area contributed by atoms with Crippen LogP contribution in [0.25, 0.3) is 11.3 Å². The normalized spacial score (nSPS) is 23.6. The number of hydrogen-bond acceptors (Lipinski definition) is 6. The molecule has 1 N–H and O–H groups in total. The van der Waals surface area contributed by atoms with Crippen molar-refractivity contribution < 1.29 is 13.9 Å². The van der Waals surface area contributed by atoms with Gasteiger partial charge in [-0.3, -0.25) is 4.90 Å². The molecule has 0 amide bonds. The molecule has 2 aliphatic heterocycles. The summed E-state index contributed by atoms with van der Waals surface area (Å²) in [6.07, 6.45) is 2.24. The average Bonchev–Trinajstić information content (AvgIpc) is 3.52. The van der Waals surface area contributed by atoms with Crippen LogP contribution in [0.2, 0.25) is 5.02 Å². The Morgan fingerprint density at radius 3 is 2.67 bits per heavy atom. The molecule has 3 atom stereocenters. The van der Waals surface area contributed by atoms with E-state index in [1.54, 1.807) is 0 Å². The molecule has 3 aromatic rings. The van der Waals surface area contributed by atoms with Crippen LogP contribution < -0.4 is 14.8 Å². The van der Waals surface area contributed by atoms with E-state index in [1.807, 2.05) is 24.3 Å². The zero-order chi connectivity index (χ0) is 22.4. The first kappa shape index (κ1) is 20.7. The van der Waals surface area contributed by atoms with Gasteiger partial charge < -0.3 is 14.8 Å². The number of benzene rings is 2. The topological polar surface area (TPSA) is 59.5 Å². The second-order valence-electron chi connectivity index (χ2n) is 9.11. The second kappa shape index (κ2) is 8.47. The molecule has 170 valence electrons. The lowest BCUT2D eigenvalue weighted by molar-refractivity contribution is 0.172. The Bertz CT molecular complexity index is 1160. The largest absolute Gasteiger partial charge is 0.454 e. The van der Waals surface area contributed by atoms with E-state index in [1.165, 1.54) is 23.8 Å². The summed E-state index contributed by atoms with van der Waals surface area (Å²) >= 11 is 6.19. The van der Waals surface area contributed by atoms with Gasteiger partial charge in [0.05, 0.1) is 10.7 Å². The maximum Gasteiger partial charge on any atom is 0.231 e. The van der Waals surface area contributed by atoms with Crippen LogP contribution in [0.5, 0.6) is 11.5 Å². The van der Waals surface area contributed by atoms with Crippen LogP contribution in [0.15, 0.2) is 48.5 Å². The Labute approximate surface area is 196 Å². The summed E-state index contributed by atoms with van der Waals surface area (Å²) in [4.78, 5) is 2.53. The van der Waals surface area contributed by atoms with Gasteiger partial charge >= 0.3 is 0 Å². The van der Waals surface area contributed by atoms with Crippen molar-refractivity contribution in [2.24, 2.45) is 11.8 Å². The number of ether oxygens (including phenoxy) is 2. The molecule has 2 aromatic carbocycles. The minimum Gasteiger partial charge on any atom is -0.454 e. The van der Waals surface area contributed by atoms with Gasteiger partial charge in [-0.15, -0.1) is 10.2 Å². The highest BCUT2D eigenvalue weighted by Crippen LogP contribution is 2.41. The average molecular weight is 467 g/mol. The zero-order valence-electron chi connectivity index (χ0n) is 18.0. The lowest BCUT2D eigenvalue weighted by atomic mass is 10.0. The third kappa shape index (κ3) is 4.11. The van der Waals surface area contributed by atoms with Crippen LogP contribution in [0.1, 0.15) is 18.4 Å². The second-order valence-corrected chi connectivity index (χ2v) is 9.51. The van der Waals surface area contributed by atoms with Crippen molar-refractivity contribution in [2.75, 3.05) is 25.2 Å². The summed E-state index contributed by atoms with van der Waals surface area (Å²) < 4.78 is 24.7. The summed E-state index contributed by atoms with van der Waals surface area (Å²) in [5.41, 5.74) is 2.31. The fraction of sp³-hybridized carbons (Fsp3) is 0.360. The van der Waals surface area contributed by atoms with Crippen LogP contribution in [0, 0.1) is 17.7 Å². The molecular formula is C25H24ClFN4O2. The van der Waals surface area contributed by atoms with E-state index in [0.29, 0.717) is 41.0 Å². The Morgan fingerprint density at radius 1 is 1.03 bits per heavy atom. The highest BCUT2D eigenvalue weighted by atomic mass is 35.5. The molecular weight excluding hydrogens is 443 g/mol. The summed E-state index contributed by atoms with van der Waals surface area (Å²) in [7, 11) is 0. The molecule has 1 saturated heterocycles. The smallest absolute Gasteiger partial charge is 0.231 e. The van der Waals surface area contributed by atoms with Crippen LogP contribution in [0.4, 0.5) is 10.2 Å². The lowest BCUT2D eigenvalue weighted by Gasteiger charge is -2.20. The molecule has 0 unspecified atom stereocenters. The van der Waals surface area contributed by atoms with Gasteiger partial charge in [0.1, 0.15) is 11.6 Å². The predicted molar refractivity (Wildman–Crippen MR) is 124 cm³/mol. The highest BCUT2D eigenvalue weighted by Gasteiger charge is 2.41. The number of nitrogens with zero attached hydrogens (tertiary/aromatic N) is 3. The number of aromatic nitrogens is 2. The van der Waals surface area contributed by atoms with Crippen molar-refractivity contribution in [1.82, 2.24) is 15.1 Å². The lowest BCUT2D eigenvalue weighted by Crippen LogP contribution is -2.25. The van der Waals surface area contributed by atoms with Crippen molar-refractivity contribution in [3.8, 4) is 22.8 Å². The van der Waals surface area contributed by atoms with Gasteiger partial charge in [-0.25, -0.2) is 4.39 Å². The van der Waals surface area contributed by atoms with E-state index in [4.69, 9.17) is 21.1 Å². The van der Waals surface area contributed by atoms with E-state index >= 15 is 0 Å². The molecule has 33 heavy (non-hydrogen) atoms. The Kier molecular flexibility index (Phi) is 5.31. The first-order valence-electron chi connectivity index (χ1n) is 11.3. The first-order chi connectivity index (χ1) is 16.1. The van der Waals surface area contributed by atoms with Gasteiger partial charge in [-0.05, 0) is 61.1 Å². The SMILES string of the molecule is Fc1ccc(Cl)c(-c2ccc(N[C@@H]3C[C@@H]4CN(Cc5cccc6c5OCO6)C[C@@H]4C3)nn2)c1. The van der Waals surface area contributed by atoms with E-state index in [2.05, 4.69) is 26.5 Å². The van der Waals surface area contributed by atoms with Crippen molar-refractivity contribution in [1.29, 1.82) is 0 Å². The van der Waals surface area contributed by atoms with Gasteiger partial charge in [0.15, 0.2) is 11.5 Å². The van der Waals surface area contributed by atoms with Crippen LogP contribution in [-0.2, 0) is 6.54 Å². The van der Waals surface area contributed by atoms with E-state index in [-0.39, 0.29) is 5.82 Å². The van der Waals surface area contributed by atoms with E-state index in [0.717, 1.165) is 49.8 Å². The van der Waals surface area contributed by atoms with Crippen LogP contribution in [0.3, 0.4) is 0 Å². The Morgan fingerprint density at radius 2 is 1.88 bits per heavy atom. The molecule has 6 rings (SSSR count). The number of likely N-dealkylation sites (tertiary alicyclic amines) is 1. The molecule has 1 saturated carbocycles.